The lowest BCUT2D eigenvalue weighted by Gasteiger charge is -2.33. The molecule has 4 aromatic rings. The molecule has 3 atom stereocenters. The number of aryl methyl sites for hydroxylation is 1. The van der Waals surface area contributed by atoms with Crippen molar-refractivity contribution >= 4 is 28.7 Å². The van der Waals surface area contributed by atoms with Gasteiger partial charge in [-0.25, -0.2) is 15.0 Å². The fraction of sp³-hybridized carbons (Fsp3) is 0.412. The van der Waals surface area contributed by atoms with Gasteiger partial charge in [0.1, 0.15) is 17.2 Å². The van der Waals surface area contributed by atoms with Crippen molar-refractivity contribution in [2.75, 3.05) is 36.8 Å². The average molecular weight is 591 g/mol. The molecule has 1 aromatic carbocycles. The Bertz CT molecular complexity index is 1730. The van der Waals surface area contributed by atoms with Crippen LogP contribution in [0.1, 0.15) is 49.3 Å². The summed E-state index contributed by atoms with van der Waals surface area (Å²) in [6, 6.07) is 15.5. The highest BCUT2D eigenvalue weighted by Gasteiger charge is 2.35. The van der Waals surface area contributed by atoms with Crippen molar-refractivity contribution in [3.05, 3.63) is 72.4 Å². The molecule has 0 radical (unpaired) electrons. The SMILES string of the molecule is C=CC(=O)N1CCC(NC2CCc3cc(-n4c(-c5cccnc5N)nc5ccc(N6CC7CCC(C6)O7)nc54)ccc32)CC1. The minimum absolute atomic E-state index is 0.0280. The highest BCUT2D eigenvalue weighted by Crippen LogP contribution is 2.37. The van der Waals surface area contributed by atoms with Crippen molar-refractivity contribution in [1.82, 2.24) is 29.7 Å². The zero-order valence-corrected chi connectivity index (χ0v) is 24.9. The van der Waals surface area contributed by atoms with Crippen LogP contribution in [0.2, 0.25) is 0 Å². The van der Waals surface area contributed by atoms with Crippen molar-refractivity contribution in [2.24, 2.45) is 0 Å². The summed E-state index contributed by atoms with van der Waals surface area (Å²) in [5.74, 6) is 2.17. The number of benzene rings is 1. The highest BCUT2D eigenvalue weighted by atomic mass is 16.5. The normalized spacial score (nSPS) is 23.3. The maximum absolute atomic E-state index is 12.0. The summed E-state index contributed by atoms with van der Waals surface area (Å²) >= 11 is 0. The van der Waals surface area contributed by atoms with Gasteiger partial charge in [0.2, 0.25) is 5.91 Å². The van der Waals surface area contributed by atoms with Gasteiger partial charge in [0.05, 0.1) is 17.8 Å². The van der Waals surface area contributed by atoms with Gasteiger partial charge in [0.25, 0.3) is 0 Å². The molecule has 1 amide bonds. The van der Waals surface area contributed by atoms with Crippen molar-refractivity contribution in [3.63, 3.8) is 0 Å². The Morgan fingerprint density at radius 2 is 1.84 bits per heavy atom. The first-order valence-electron chi connectivity index (χ1n) is 15.9. The van der Waals surface area contributed by atoms with Crippen LogP contribution in [-0.4, -0.2) is 74.8 Å². The van der Waals surface area contributed by atoms with E-state index in [0.717, 1.165) is 98.8 Å². The van der Waals surface area contributed by atoms with E-state index in [0.29, 0.717) is 17.9 Å². The number of imidazole rings is 1. The number of aromatic nitrogens is 4. The lowest BCUT2D eigenvalue weighted by Crippen LogP contribution is -2.45. The number of morpholine rings is 1. The number of likely N-dealkylation sites (tertiary alicyclic amines) is 1. The van der Waals surface area contributed by atoms with E-state index in [1.165, 1.54) is 17.2 Å². The maximum Gasteiger partial charge on any atom is 0.245 e. The van der Waals surface area contributed by atoms with Gasteiger partial charge >= 0.3 is 0 Å². The van der Waals surface area contributed by atoms with Crippen LogP contribution in [0.4, 0.5) is 11.6 Å². The van der Waals surface area contributed by atoms with E-state index in [9.17, 15) is 4.79 Å². The maximum atomic E-state index is 12.0. The van der Waals surface area contributed by atoms with Gasteiger partial charge in [0, 0.05) is 50.1 Å². The summed E-state index contributed by atoms with van der Waals surface area (Å²) in [6.45, 7) is 6.91. The number of hydrogen-bond donors (Lipinski definition) is 2. The van der Waals surface area contributed by atoms with Crippen LogP contribution < -0.4 is 16.0 Å². The molecule has 3 unspecified atom stereocenters. The van der Waals surface area contributed by atoms with Gasteiger partial charge in [-0.3, -0.25) is 9.36 Å². The lowest BCUT2D eigenvalue weighted by molar-refractivity contribution is -0.127. The van der Waals surface area contributed by atoms with E-state index in [-0.39, 0.29) is 18.1 Å². The molecule has 44 heavy (non-hydrogen) atoms. The number of rotatable bonds is 6. The fourth-order valence-electron chi connectivity index (χ4n) is 7.55. The molecule has 8 rings (SSSR count). The van der Waals surface area contributed by atoms with Crippen molar-refractivity contribution < 1.29 is 9.53 Å². The number of anilines is 2. The number of ether oxygens (including phenoxy) is 1. The molecule has 1 aliphatic carbocycles. The molecule has 3 fully saturated rings. The molecule has 3 saturated heterocycles. The van der Waals surface area contributed by atoms with Crippen LogP contribution in [0.5, 0.6) is 0 Å². The molecular formula is C34H38N8O2. The first kappa shape index (κ1) is 27.3. The topological polar surface area (TPSA) is 114 Å². The van der Waals surface area contributed by atoms with Gasteiger partial charge in [-0.2, -0.15) is 0 Å². The summed E-state index contributed by atoms with van der Waals surface area (Å²) in [7, 11) is 0. The number of nitrogens with zero attached hydrogens (tertiary/aromatic N) is 6. The van der Waals surface area contributed by atoms with Crippen LogP contribution in [0.15, 0.2) is 61.3 Å². The predicted octanol–water partition coefficient (Wildman–Crippen LogP) is 4.19. The van der Waals surface area contributed by atoms with Crippen LogP contribution in [-0.2, 0) is 16.0 Å². The zero-order chi connectivity index (χ0) is 29.8. The first-order valence-corrected chi connectivity index (χ1v) is 15.9. The van der Waals surface area contributed by atoms with Gasteiger partial charge in [-0.15, -0.1) is 0 Å². The number of nitrogen functional groups attached to an aromatic ring is 1. The van der Waals surface area contributed by atoms with Crippen molar-refractivity contribution in [3.8, 4) is 17.1 Å². The van der Waals surface area contributed by atoms with Gasteiger partial charge in [0.15, 0.2) is 11.5 Å². The minimum Gasteiger partial charge on any atom is -0.383 e. The number of fused-ring (bicyclic) bond motifs is 4. The van der Waals surface area contributed by atoms with Gasteiger partial charge < -0.3 is 25.6 Å². The molecule has 3 N–H and O–H groups in total. The second kappa shape index (κ2) is 11.0. The summed E-state index contributed by atoms with van der Waals surface area (Å²) in [6.07, 6.45) is 9.88. The van der Waals surface area contributed by atoms with E-state index in [2.05, 4.69) is 56.7 Å². The molecule has 226 valence electrons. The Balaban J connectivity index is 1.13. The molecule has 6 heterocycles. The van der Waals surface area contributed by atoms with E-state index < -0.39 is 0 Å². The lowest BCUT2D eigenvalue weighted by atomic mass is 10.0. The number of nitrogens with one attached hydrogen (secondary N) is 1. The third-order valence-corrected chi connectivity index (χ3v) is 9.82. The number of carbonyl (C=O) groups excluding carboxylic acids is 1. The third-order valence-electron chi connectivity index (χ3n) is 9.82. The van der Waals surface area contributed by atoms with E-state index >= 15 is 0 Å². The Labute approximate surface area is 256 Å². The Morgan fingerprint density at radius 3 is 2.61 bits per heavy atom. The number of pyridine rings is 2. The van der Waals surface area contributed by atoms with Crippen LogP contribution in [0.25, 0.3) is 28.2 Å². The Kier molecular flexibility index (Phi) is 6.83. The largest absolute Gasteiger partial charge is 0.383 e. The molecule has 0 spiro atoms. The summed E-state index contributed by atoms with van der Waals surface area (Å²) in [5, 5.41) is 3.90. The number of nitrogens with two attached hydrogens (primary N) is 1. The van der Waals surface area contributed by atoms with Crippen molar-refractivity contribution in [1.29, 1.82) is 0 Å². The third kappa shape index (κ3) is 4.82. The monoisotopic (exact) mass is 590 g/mol. The molecular weight excluding hydrogens is 552 g/mol. The van der Waals surface area contributed by atoms with E-state index in [1.807, 2.05) is 17.0 Å². The second-order valence-corrected chi connectivity index (χ2v) is 12.5. The van der Waals surface area contributed by atoms with E-state index in [4.69, 9.17) is 20.4 Å². The Morgan fingerprint density at radius 1 is 1.02 bits per heavy atom. The molecule has 2 bridgehead atoms. The van der Waals surface area contributed by atoms with Crippen LogP contribution in [0, 0.1) is 0 Å². The molecule has 10 nitrogen and oxygen atoms in total. The van der Waals surface area contributed by atoms with Gasteiger partial charge in [-0.05, 0) is 92.1 Å². The minimum atomic E-state index is 0.0280. The fourth-order valence-corrected chi connectivity index (χ4v) is 7.55. The van der Waals surface area contributed by atoms with Crippen LogP contribution in [0.3, 0.4) is 0 Å². The molecule has 3 aliphatic heterocycles. The molecule has 3 aromatic heterocycles. The first-order chi connectivity index (χ1) is 21.5. The highest BCUT2D eigenvalue weighted by molar-refractivity contribution is 5.87. The van der Waals surface area contributed by atoms with E-state index in [1.54, 1.807) is 6.20 Å². The quantitative estimate of drug-likeness (QED) is 0.322. The smallest absolute Gasteiger partial charge is 0.245 e. The zero-order valence-electron chi connectivity index (χ0n) is 24.9. The second-order valence-electron chi connectivity index (χ2n) is 12.5. The standard InChI is InChI=1S/C34H38N8O2/c1-2-31(43)40-16-13-22(14-17-40)37-28-10-5-21-18-23(6-9-26(21)28)42-33(27-4-3-15-36-32(27)35)38-29-11-12-30(39-34(29)42)41-19-24-7-8-25(20-41)44-24/h2-4,6,9,11-12,15,18,22,24-25,28,37H,1,5,7-8,10,13-14,16-17,19-20H2,(H2,35,36). The van der Waals surface area contributed by atoms with Crippen molar-refractivity contribution in [2.45, 2.75) is 62.8 Å². The predicted molar refractivity (Wildman–Crippen MR) is 171 cm³/mol. The number of amides is 1. The average Bonchev–Trinajstić information content (AvgIpc) is 3.74. The molecule has 4 aliphatic rings. The number of piperidine rings is 1. The van der Waals surface area contributed by atoms with Crippen LogP contribution >= 0.6 is 0 Å². The Hall–Kier alpha value is -4.28. The summed E-state index contributed by atoms with van der Waals surface area (Å²) in [5.41, 5.74) is 12.5. The number of hydrogen-bond acceptors (Lipinski definition) is 8. The molecule has 0 saturated carbocycles. The number of carbonyl (C=O) groups is 1. The summed E-state index contributed by atoms with van der Waals surface area (Å²) < 4.78 is 8.24. The summed E-state index contributed by atoms with van der Waals surface area (Å²) in [4.78, 5) is 30.9. The van der Waals surface area contributed by atoms with Gasteiger partial charge in [-0.1, -0.05) is 12.6 Å². The molecule has 10 heteroatoms.